The van der Waals surface area contributed by atoms with E-state index in [4.69, 9.17) is 0 Å². The zero-order valence-corrected chi connectivity index (χ0v) is 11.0. The molecule has 0 bridgehead atoms. The average Bonchev–Trinajstić information content (AvgIpc) is 3.04. The fourth-order valence-corrected chi connectivity index (χ4v) is 3.42. The number of carbonyl (C=O) groups excluding carboxylic acids is 2. The number of likely N-dealkylation sites (tertiary alicyclic amines) is 1. The van der Waals surface area contributed by atoms with Crippen LogP contribution in [0.2, 0.25) is 0 Å². The summed E-state index contributed by atoms with van der Waals surface area (Å²) in [6.45, 7) is 3.48. The quantitative estimate of drug-likeness (QED) is 0.745. The van der Waals surface area contributed by atoms with Crippen LogP contribution in [0, 0.1) is 17.8 Å². The fraction of sp³-hybridized carbons (Fsp3) is 0.857. The molecule has 3 rings (SSSR count). The van der Waals surface area contributed by atoms with Crippen molar-refractivity contribution in [3.8, 4) is 0 Å². The predicted molar refractivity (Wildman–Crippen MR) is 67.7 cm³/mol. The summed E-state index contributed by atoms with van der Waals surface area (Å²) in [4.78, 5) is 26.0. The normalized spacial score (nSPS) is 35.4. The van der Waals surface area contributed by atoms with Crippen molar-refractivity contribution < 1.29 is 9.59 Å². The SMILES string of the molecule is CCC1CC2C(=O)N(CCNC3CC3)C(=O)C2C1. The summed E-state index contributed by atoms with van der Waals surface area (Å²) < 4.78 is 0. The number of nitrogens with one attached hydrogen (secondary N) is 1. The molecule has 2 atom stereocenters. The summed E-state index contributed by atoms with van der Waals surface area (Å²) in [5.41, 5.74) is 0. The van der Waals surface area contributed by atoms with Crippen molar-refractivity contribution in [2.45, 2.75) is 45.1 Å². The summed E-state index contributed by atoms with van der Waals surface area (Å²) in [6, 6.07) is 0.641. The van der Waals surface area contributed by atoms with Gasteiger partial charge in [0, 0.05) is 19.1 Å². The molecule has 0 aromatic carbocycles. The second kappa shape index (κ2) is 4.65. The summed E-state index contributed by atoms with van der Waals surface area (Å²) in [5.74, 6) is 0.781. The number of carbonyl (C=O) groups is 2. The van der Waals surface area contributed by atoms with Crippen molar-refractivity contribution in [3.05, 3.63) is 0 Å². The highest BCUT2D eigenvalue weighted by molar-refractivity contribution is 6.05. The van der Waals surface area contributed by atoms with Crippen LogP contribution in [0.25, 0.3) is 0 Å². The fourth-order valence-electron chi connectivity index (χ4n) is 3.42. The lowest BCUT2D eigenvalue weighted by atomic mass is 10.00. The first-order valence-corrected chi connectivity index (χ1v) is 7.29. The molecule has 2 aliphatic carbocycles. The highest BCUT2D eigenvalue weighted by atomic mass is 16.2. The number of hydrogen-bond acceptors (Lipinski definition) is 3. The van der Waals surface area contributed by atoms with Crippen molar-refractivity contribution in [1.29, 1.82) is 0 Å². The first-order valence-electron chi connectivity index (χ1n) is 7.29. The van der Waals surface area contributed by atoms with E-state index >= 15 is 0 Å². The Morgan fingerprint density at radius 1 is 1.17 bits per heavy atom. The summed E-state index contributed by atoms with van der Waals surface area (Å²) in [7, 11) is 0. The summed E-state index contributed by atoms with van der Waals surface area (Å²) in [5, 5.41) is 3.36. The van der Waals surface area contributed by atoms with Gasteiger partial charge in [0.05, 0.1) is 11.8 Å². The number of hydrogen-bond donors (Lipinski definition) is 1. The largest absolute Gasteiger partial charge is 0.312 e. The van der Waals surface area contributed by atoms with E-state index in [9.17, 15) is 9.59 Å². The number of fused-ring (bicyclic) bond motifs is 1. The lowest BCUT2D eigenvalue weighted by Crippen LogP contribution is -2.38. The van der Waals surface area contributed by atoms with Gasteiger partial charge in [-0.2, -0.15) is 0 Å². The Kier molecular flexibility index (Phi) is 3.14. The van der Waals surface area contributed by atoms with E-state index in [2.05, 4.69) is 12.2 Å². The molecule has 0 spiro atoms. The van der Waals surface area contributed by atoms with Crippen LogP contribution in [0.5, 0.6) is 0 Å². The topological polar surface area (TPSA) is 49.4 Å². The van der Waals surface area contributed by atoms with Gasteiger partial charge in [0.25, 0.3) is 0 Å². The Labute approximate surface area is 108 Å². The summed E-state index contributed by atoms with van der Waals surface area (Å²) >= 11 is 0. The minimum absolute atomic E-state index is 0.00312. The van der Waals surface area contributed by atoms with E-state index in [1.807, 2.05) is 0 Å². The van der Waals surface area contributed by atoms with Gasteiger partial charge in [0.15, 0.2) is 0 Å². The van der Waals surface area contributed by atoms with E-state index in [-0.39, 0.29) is 23.7 Å². The Morgan fingerprint density at radius 2 is 1.78 bits per heavy atom. The van der Waals surface area contributed by atoms with Gasteiger partial charge in [0.1, 0.15) is 0 Å². The molecule has 3 fully saturated rings. The molecule has 1 aliphatic heterocycles. The molecule has 2 amide bonds. The molecule has 18 heavy (non-hydrogen) atoms. The van der Waals surface area contributed by atoms with E-state index in [1.54, 1.807) is 0 Å². The molecule has 4 heteroatoms. The number of nitrogens with zero attached hydrogens (tertiary/aromatic N) is 1. The lowest BCUT2D eigenvalue weighted by molar-refractivity contribution is -0.140. The molecule has 3 aliphatic rings. The molecule has 0 radical (unpaired) electrons. The van der Waals surface area contributed by atoms with Crippen LogP contribution in [0.1, 0.15) is 39.0 Å². The molecule has 1 saturated heterocycles. The van der Waals surface area contributed by atoms with E-state index in [1.165, 1.54) is 17.7 Å². The lowest BCUT2D eigenvalue weighted by Gasteiger charge is -2.17. The maximum atomic E-state index is 12.2. The van der Waals surface area contributed by atoms with Crippen LogP contribution < -0.4 is 5.32 Å². The standard InChI is InChI=1S/C14H22N2O2/c1-2-9-7-11-12(8-9)14(18)16(13(11)17)6-5-15-10-3-4-10/h9-12,15H,2-8H2,1H3. The molecule has 100 valence electrons. The Bertz CT molecular complexity index is 341. The monoisotopic (exact) mass is 250 g/mol. The number of rotatable bonds is 5. The molecule has 0 aromatic heterocycles. The van der Waals surface area contributed by atoms with E-state index < -0.39 is 0 Å². The number of amides is 2. The van der Waals surface area contributed by atoms with Crippen LogP contribution in [-0.4, -0.2) is 35.8 Å². The van der Waals surface area contributed by atoms with Gasteiger partial charge in [-0.25, -0.2) is 0 Å². The maximum Gasteiger partial charge on any atom is 0.233 e. The van der Waals surface area contributed by atoms with Gasteiger partial charge in [0.2, 0.25) is 11.8 Å². The van der Waals surface area contributed by atoms with Crippen LogP contribution in [0.15, 0.2) is 0 Å². The van der Waals surface area contributed by atoms with Crippen molar-refractivity contribution in [1.82, 2.24) is 10.2 Å². The summed E-state index contributed by atoms with van der Waals surface area (Å²) in [6.07, 6.45) is 5.43. The molecular formula is C14H22N2O2. The molecule has 1 heterocycles. The van der Waals surface area contributed by atoms with Crippen LogP contribution >= 0.6 is 0 Å². The van der Waals surface area contributed by atoms with Crippen LogP contribution in [0.3, 0.4) is 0 Å². The Hall–Kier alpha value is -0.900. The third kappa shape index (κ3) is 2.07. The maximum absolute atomic E-state index is 12.2. The van der Waals surface area contributed by atoms with Crippen LogP contribution in [-0.2, 0) is 9.59 Å². The van der Waals surface area contributed by atoms with Crippen molar-refractivity contribution in [2.75, 3.05) is 13.1 Å². The van der Waals surface area contributed by atoms with Gasteiger partial charge in [-0.05, 0) is 31.6 Å². The van der Waals surface area contributed by atoms with Crippen LogP contribution in [0.4, 0.5) is 0 Å². The number of imide groups is 1. The zero-order valence-electron chi connectivity index (χ0n) is 11.0. The third-order valence-corrected chi connectivity index (χ3v) is 4.75. The van der Waals surface area contributed by atoms with Gasteiger partial charge in [-0.15, -0.1) is 0 Å². The first-order chi connectivity index (χ1) is 8.70. The van der Waals surface area contributed by atoms with E-state index in [0.717, 1.165) is 25.8 Å². The second-order valence-corrected chi connectivity index (χ2v) is 6.02. The van der Waals surface area contributed by atoms with Crippen molar-refractivity contribution in [3.63, 3.8) is 0 Å². The molecule has 4 nitrogen and oxygen atoms in total. The van der Waals surface area contributed by atoms with Crippen molar-refractivity contribution >= 4 is 11.8 Å². The second-order valence-electron chi connectivity index (χ2n) is 6.02. The van der Waals surface area contributed by atoms with E-state index in [0.29, 0.717) is 18.5 Å². The Balaban J connectivity index is 1.57. The zero-order chi connectivity index (χ0) is 12.7. The minimum Gasteiger partial charge on any atom is -0.312 e. The highest BCUT2D eigenvalue weighted by Crippen LogP contribution is 2.44. The predicted octanol–water partition coefficient (Wildman–Crippen LogP) is 1.16. The molecule has 2 saturated carbocycles. The third-order valence-electron chi connectivity index (χ3n) is 4.75. The van der Waals surface area contributed by atoms with Gasteiger partial charge >= 0.3 is 0 Å². The Morgan fingerprint density at radius 3 is 2.28 bits per heavy atom. The highest BCUT2D eigenvalue weighted by Gasteiger charge is 2.51. The average molecular weight is 250 g/mol. The van der Waals surface area contributed by atoms with Gasteiger partial charge in [-0.1, -0.05) is 13.3 Å². The first kappa shape index (κ1) is 12.2. The molecule has 1 N–H and O–H groups in total. The van der Waals surface area contributed by atoms with Gasteiger partial charge < -0.3 is 5.32 Å². The molecule has 0 aromatic rings. The molecular weight excluding hydrogens is 228 g/mol. The molecule has 2 unspecified atom stereocenters. The minimum atomic E-state index is 0.00312. The van der Waals surface area contributed by atoms with Crippen molar-refractivity contribution in [2.24, 2.45) is 17.8 Å². The van der Waals surface area contributed by atoms with Gasteiger partial charge in [-0.3, -0.25) is 14.5 Å². The smallest absolute Gasteiger partial charge is 0.233 e.